The smallest absolute Gasteiger partial charge is 0.384 e. The fourth-order valence-corrected chi connectivity index (χ4v) is 4.89. The van der Waals surface area contributed by atoms with Crippen molar-refractivity contribution in [2.24, 2.45) is 16.7 Å². The molecule has 0 radical (unpaired) electrons. The van der Waals surface area contributed by atoms with Crippen LogP contribution in [0, 0.1) is 28.1 Å². The lowest BCUT2D eigenvalue weighted by Gasteiger charge is -2.45. The number of nitrogens with zero attached hydrogens (tertiary/aromatic N) is 3. The molecule has 3 rings (SSSR count). The van der Waals surface area contributed by atoms with E-state index in [1.165, 1.54) is 6.07 Å². The lowest BCUT2D eigenvalue weighted by molar-refractivity contribution is -0.146. The number of halogens is 3. The van der Waals surface area contributed by atoms with Crippen LogP contribution in [0.1, 0.15) is 44.7 Å². The van der Waals surface area contributed by atoms with Crippen molar-refractivity contribution in [3.8, 4) is 6.07 Å². The van der Waals surface area contributed by atoms with Gasteiger partial charge in [-0.25, -0.2) is 0 Å². The standard InChI is InChI=1S/C23H30F3N3O2/c1-5-21(2,3)20(30)28-9-8-17-12-29(14-22(17,13-28)15-31-4)18-7-6-16(11-27)19(10-18)23(24,25)26/h6-7,10,17H,5,8-9,12-15H2,1-4H3/t17-,22+/m1/s1. The first-order valence-corrected chi connectivity index (χ1v) is 10.6. The first kappa shape index (κ1) is 23.4. The Kier molecular flexibility index (Phi) is 6.30. The summed E-state index contributed by atoms with van der Waals surface area (Å²) in [7, 11) is 1.62. The Labute approximate surface area is 181 Å². The van der Waals surface area contributed by atoms with Crippen LogP contribution >= 0.6 is 0 Å². The molecule has 31 heavy (non-hydrogen) atoms. The van der Waals surface area contributed by atoms with Gasteiger partial charge in [0.1, 0.15) is 0 Å². The van der Waals surface area contributed by atoms with E-state index in [-0.39, 0.29) is 22.8 Å². The van der Waals surface area contributed by atoms with Gasteiger partial charge in [-0.05, 0) is 37.0 Å². The number of fused-ring (bicyclic) bond motifs is 1. The van der Waals surface area contributed by atoms with Crippen LogP contribution < -0.4 is 4.90 Å². The summed E-state index contributed by atoms with van der Waals surface area (Å²) in [6.07, 6.45) is -3.07. The maximum absolute atomic E-state index is 13.4. The molecule has 8 heteroatoms. The van der Waals surface area contributed by atoms with Gasteiger partial charge in [0.25, 0.3) is 0 Å². The lowest BCUT2D eigenvalue weighted by atomic mass is 9.73. The van der Waals surface area contributed by atoms with Gasteiger partial charge in [0.2, 0.25) is 5.91 Å². The van der Waals surface area contributed by atoms with Crippen molar-refractivity contribution in [1.29, 1.82) is 5.26 Å². The molecule has 1 amide bonds. The molecule has 5 nitrogen and oxygen atoms in total. The molecule has 0 aliphatic carbocycles. The molecule has 0 aromatic heterocycles. The molecule has 170 valence electrons. The fraction of sp³-hybridized carbons (Fsp3) is 0.652. The molecular formula is C23H30F3N3O2. The van der Waals surface area contributed by atoms with Gasteiger partial charge < -0.3 is 14.5 Å². The molecule has 0 N–H and O–H groups in total. The normalized spacial score (nSPS) is 24.1. The van der Waals surface area contributed by atoms with Crippen molar-refractivity contribution < 1.29 is 22.7 Å². The molecule has 0 unspecified atom stereocenters. The predicted molar refractivity (Wildman–Crippen MR) is 111 cm³/mol. The summed E-state index contributed by atoms with van der Waals surface area (Å²) in [5, 5.41) is 9.07. The summed E-state index contributed by atoms with van der Waals surface area (Å²) in [5.74, 6) is 0.325. The Balaban J connectivity index is 1.90. The van der Waals surface area contributed by atoms with E-state index in [9.17, 15) is 18.0 Å². The molecule has 1 aromatic rings. The highest BCUT2D eigenvalue weighted by molar-refractivity contribution is 5.82. The Hall–Kier alpha value is -2.27. The number of alkyl halides is 3. The van der Waals surface area contributed by atoms with Crippen molar-refractivity contribution in [1.82, 2.24) is 4.90 Å². The SMILES string of the molecule is CCC(C)(C)C(=O)N1CC[C@@H]2CN(c3ccc(C#N)c(C(F)(F)F)c3)C[C@]2(COC)C1. The minimum Gasteiger partial charge on any atom is -0.384 e. The number of ether oxygens (including phenoxy) is 1. The zero-order valence-electron chi connectivity index (χ0n) is 18.6. The number of rotatable bonds is 5. The Morgan fingerprint density at radius 1 is 1.32 bits per heavy atom. The van der Waals surface area contributed by atoms with Crippen molar-refractivity contribution >= 4 is 11.6 Å². The summed E-state index contributed by atoms with van der Waals surface area (Å²) < 4.78 is 45.9. The number of piperidine rings is 1. The van der Waals surface area contributed by atoms with Crippen LogP contribution in [0.3, 0.4) is 0 Å². The van der Waals surface area contributed by atoms with Crippen LogP contribution in [0.5, 0.6) is 0 Å². The highest BCUT2D eigenvalue weighted by Crippen LogP contribution is 2.45. The number of anilines is 1. The second-order valence-corrected chi connectivity index (χ2v) is 9.47. The number of amides is 1. The summed E-state index contributed by atoms with van der Waals surface area (Å²) in [5.41, 5.74) is -1.63. The van der Waals surface area contributed by atoms with E-state index in [2.05, 4.69) is 0 Å². The zero-order valence-corrected chi connectivity index (χ0v) is 18.6. The van der Waals surface area contributed by atoms with Crippen LogP contribution in [0.25, 0.3) is 0 Å². The van der Waals surface area contributed by atoms with E-state index in [1.54, 1.807) is 19.2 Å². The molecule has 0 saturated carbocycles. The minimum atomic E-state index is -4.59. The van der Waals surface area contributed by atoms with E-state index in [0.29, 0.717) is 38.5 Å². The number of carbonyl (C=O) groups is 1. The van der Waals surface area contributed by atoms with Gasteiger partial charge in [-0.3, -0.25) is 4.79 Å². The zero-order chi connectivity index (χ0) is 23.0. The average molecular weight is 438 g/mol. The van der Waals surface area contributed by atoms with Crippen LogP contribution in [0.15, 0.2) is 18.2 Å². The van der Waals surface area contributed by atoms with Crippen LogP contribution in [0.4, 0.5) is 18.9 Å². The number of benzene rings is 1. The third kappa shape index (κ3) is 4.38. The van der Waals surface area contributed by atoms with Crippen LogP contribution in [-0.4, -0.2) is 50.7 Å². The maximum Gasteiger partial charge on any atom is 0.417 e. The molecule has 0 bridgehead atoms. The van der Waals surface area contributed by atoms with Crippen molar-refractivity contribution in [2.75, 3.05) is 44.8 Å². The van der Waals surface area contributed by atoms with Gasteiger partial charge in [-0.15, -0.1) is 0 Å². The number of hydrogen-bond acceptors (Lipinski definition) is 4. The Morgan fingerprint density at radius 2 is 2.03 bits per heavy atom. The number of methoxy groups -OCH3 is 1. The fourth-order valence-electron chi connectivity index (χ4n) is 4.89. The summed E-state index contributed by atoms with van der Waals surface area (Å²) >= 11 is 0. The molecule has 2 aliphatic heterocycles. The van der Waals surface area contributed by atoms with E-state index in [0.717, 1.165) is 18.9 Å². The summed E-state index contributed by atoms with van der Waals surface area (Å²) in [6, 6.07) is 5.52. The van der Waals surface area contributed by atoms with E-state index >= 15 is 0 Å². The number of nitriles is 1. The highest BCUT2D eigenvalue weighted by atomic mass is 19.4. The van der Waals surface area contributed by atoms with Crippen molar-refractivity contribution in [3.63, 3.8) is 0 Å². The predicted octanol–water partition coefficient (Wildman–Crippen LogP) is 4.31. The first-order chi connectivity index (χ1) is 14.5. The number of carbonyl (C=O) groups excluding carboxylic acids is 1. The quantitative estimate of drug-likeness (QED) is 0.689. The Morgan fingerprint density at radius 3 is 2.61 bits per heavy atom. The lowest BCUT2D eigenvalue weighted by Crippen LogP contribution is -2.55. The van der Waals surface area contributed by atoms with Crippen LogP contribution in [-0.2, 0) is 15.7 Å². The average Bonchev–Trinajstić information content (AvgIpc) is 3.10. The molecule has 0 spiro atoms. The van der Waals surface area contributed by atoms with E-state index < -0.39 is 17.2 Å². The van der Waals surface area contributed by atoms with Crippen molar-refractivity contribution in [3.05, 3.63) is 29.3 Å². The molecule has 2 saturated heterocycles. The summed E-state index contributed by atoms with van der Waals surface area (Å²) in [4.78, 5) is 16.9. The summed E-state index contributed by atoms with van der Waals surface area (Å²) in [6.45, 7) is 8.61. The third-order valence-electron chi connectivity index (χ3n) is 7.04. The van der Waals surface area contributed by atoms with Gasteiger partial charge in [0, 0.05) is 49.8 Å². The molecule has 2 heterocycles. The first-order valence-electron chi connectivity index (χ1n) is 10.6. The van der Waals surface area contributed by atoms with Crippen molar-refractivity contribution in [2.45, 2.75) is 39.8 Å². The second kappa shape index (κ2) is 8.34. The Bertz CT molecular complexity index is 878. The molecule has 2 fully saturated rings. The van der Waals surface area contributed by atoms with Gasteiger partial charge in [-0.2, -0.15) is 18.4 Å². The number of hydrogen-bond donors (Lipinski definition) is 0. The highest BCUT2D eigenvalue weighted by Gasteiger charge is 2.51. The molecule has 2 aliphatic rings. The minimum absolute atomic E-state index is 0.111. The molecule has 1 aromatic carbocycles. The van der Waals surface area contributed by atoms with Gasteiger partial charge in [0.15, 0.2) is 0 Å². The maximum atomic E-state index is 13.4. The van der Waals surface area contributed by atoms with E-state index in [1.807, 2.05) is 30.6 Å². The van der Waals surface area contributed by atoms with Gasteiger partial charge in [0.05, 0.1) is 23.8 Å². The monoisotopic (exact) mass is 437 g/mol. The third-order valence-corrected chi connectivity index (χ3v) is 7.04. The number of likely N-dealkylation sites (tertiary alicyclic amines) is 1. The largest absolute Gasteiger partial charge is 0.417 e. The van der Waals surface area contributed by atoms with Gasteiger partial charge >= 0.3 is 6.18 Å². The van der Waals surface area contributed by atoms with E-state index in [4.69, 9.17) is 10.00 Å². The van der Waals surface area contributed by atoms with Gasteiger partial charge in [-0.1, -0.05) is 20.8 Å². The topological polar surface area (TPSA) is 56.6 Å². The molecular weight excluding hydrogens is 407 g/mol. The second-order valence-electron chi connectivity index (χ2n) is 9.47. The van der Waals surface area contributed by atoms with Crippen LogP contribution in [0.2, 0.25) is 0 Å². The molecule has 2 atom stereocenters.